The first-order chi connectivity index (χ1) is 8.08. The second kappa shape index (κ2) is 4.90. The highest BCUT2D eigenvalue weighted by atomic mass is 16.5. The van der Waals surface area contributed by atoms with E-state index in [9.17, 15) is 4.79 Å². The molecular weight excluding hydrogens is 216 g/mol. The molecule has 0 bridgehead atoms. The van der Waals surface area contributed by atoms with Crippen LogP contribution in [-0.4, -0.2) is 29.1 Å². The Labute approximate surface area is 102 Å². The summed E-state index contributed by atoms with van der Waals surface area (Å²) in [7, 11) is 0. The van der Waals surface area contributed by atoms with Crippen LogP contribution >= 0.6 is 0 Å². The highest BCUT2D eigenvalue weighted by Gasteiger charge is 2.26. The standard InChI is InChI=1S/C13H20N2O2/c1-9(2)11-4-6-15(7-5-11)13(16)12-8-10(3)17-14-12/h8-9,11H,4-7H2,1-3H3. The summed E-state index contributed by atoms with van der Waals surface area (Å²) in [4.78, 5) is 14.0. The first-order valence-electron chi connectivity index (χ1n) is 6.30. The summed E-state index contributed by atoms with van der Waals surface area (Å²) in [5.74, 6) is 2.15. The molecular formula is C13H20N2O2. The molecule has 4 heteroatoms. The maximum atomic E-state index is 12.1. The summed E-state index contributed by atoms with van der Waals surface area (Å²) in [5.41, 5.74) is 0.436. The van der Waals surface area contributed by atoms with Crippen molar-refractivity contribution >= 4 is 5.91 Å². The van der Waals surface area contributed by atoms with Crippen molar-refractivity contribution in [1.82, 2.24) is 10.1 Å². The van der Waals surface area contributed by atoms with E-state index in [1.807, 2.05) is 4.90 Å². The predicted molar refractivity (Wildman–Crippen MR) is 64.7 cm³/mol. The van der Waals surface area contributed by atoms with Gasteiger partial charge in [-0.15, -0.1) is 0 Å². The van der Waals surface area contributed by atoms with Gasteiger partial charge in [-0.2, -0.15) is 0 Å². The SMILES string of the molecule is Cc1cc(C(=O)N2CCC(C(C)C)CC2)no1. The van der Waals surface area contributed by atoms with Gasteiger partial charge in [0.25, 0.3) is 5.91 Å². The largest absolute Gasteiger partial charge is 0.361 e. The highest BCUT2D eigenvalue weighted by molar-refractivity contribution is 5.92. The fourth-order valence-electron chi connectivity index (χ4n) is 2.40. The molecule has 1 aromatic rings. The summed E-state index contributed by atoms with van der Waals surface area (Å²) < 4.78 is 4.94. The van der Waals surface area contributed by atoms with Crippen LogP contribution in [0.1, 0.15) is 42.9 Å². The zero-order valence-corrected chi connectivity index (χ0v) is 10.8. The van der Waals surface area contributed by atoms with Gasteiger partial charge >= 0.3 is 0 Å². The molecule has 0 aromatic carbocycles. The fraction of sp³-hybridized carbons (Fsp3) is 0.692. The zero-order chi connectivity index (χ0) is 12.4. The second-order valence-electron chi connectivity index (χ2n) is 5.20. The summed E-state index contributed by atoms with van der Waals surface area (Å²) >= 11 is 0. The maximum absolute atomic E-state index is 12.1. The van der Waals surface area contributed by atoms with E-state index >= 15 is 0 Å². The Balaban J connectivity index is 1.95. The van der Waals surface area contributed by atoms with E-state index in [1.165, 1.54) is 0 Å². The lowest BCUT2D eigenvalue weighted by molar-refractivity contribution is 0.0657. The lowest BCUT2D eigenvalue weighted by atomic mass is 9.86. The lowest BCUT2D eigenvalue weighted by Gasteiger charge is -2.33. The van der Waals surface area contributed by atoms with E-state index < -0.39 is 0 Å². The molecule has 1 aliphatic heterocycles. The van der Waals surface area contributed by atoms with Gasteiger partial charge in [0.2, 0.25) is 0 Å². The maximum Gasteiger partial charge on any atom is 0.276 e. The molecule has 0 spiro atoms. The minimum absolute atomic E-state index is 0.00376. The Hall–Kier alpha value is -1.32. The molecule has 1 aliphatic rings. The van der Waals surface area contributed by atoms with E-state index in [-0.39, 0.29) is 5.91 Å². The van der Waals surface area contributed by atoms with Crippen molar-refractivity contribution < 1.29 is 9.32 Å². The van der Waals surface area contributed by atoms with Crippen LogP contribution in [0.3, 0.4) is 0 Å². The molecule has 1 aromatic heterocycles. The molecule has 1 saturated heterocycles. The number of likely N-dealkylation sites (tertiary alicyclic amines) is 1. The minimum Gasteiger partial charge on any atom is -0.361 e. The molecule has 0 unspecified atom stereocenters. The van der Waals surface area contributed by atoms with Crippen molar-refractivity contribution in [2.75, 3.05) is 13.1 Å². The lowest BCUT2D eigenvalue weighted by Crippen LogP contribution is -2.39. The van der Waals surface area contributed by atoms with E-state index in [1.54, 1.807) is 13.0 Å². The number of amides is 1. The molecule has 1 amide bonds. The Morgan fingerprint density at radius 2 is 2.12 bits per heavy atom. The third kappa shape index (κ3) is 2.68. The molecule has 2 rings (SSSR count). The number of hydrogen-bond acceptors (Lipinski definition) is 3. The van der Waals surface area contributed by atoms with Crippen LogP contribution in [0.2, 0.25) is 0 Å². The van der Waals surface area contributed by atoms with Crippen LogP contribution in [0, 0.1) is 18.8 Å². The third-order valence-corrected chi connectivity index (χ3v) is 3.62. The Kier molecular flexibility index (Phi) is 3.50. The number of aryl methyl sites for hydroxylation is 1. The first-order valence-corrected chi connectivity index (χ1v) is 6.30. The number of piperidine rings is 1. The highest BCUT2D eigenvalue weighted by Crippen LogP contribution is 2.25. The Bertz CT molecular complexity index is 390. The van der Waals surface area contributed by atoms with E-state index in [4.69, 9.17) is 4.52 Å². The topological polar surface area (TPSA) is 46.3 Å². The Morgan fingerprint density at radius 1 is 1.47 bits per heavy atom. The van der Waals surface area contributed by atoms with Crippen LogP contribution in [0.25, 0.3) is 0 Å². The van der Waals surface area contributed by atoms with Gasteiger partial charge in [0.05, 0.1) is 0 Å². The van der Waals surface area contributed by atoms with E-state index in [2.05, 4.69) is 19.0 Å². The third-order valence-electron chi connectivity index (χ3n) is 3.62. The van der Waals surface area contributed by atoms with Crippen LogP contribution in [0.15, 0.2) is 10.6 Å². The molecule has 1 fully saturated rings. The minimum atomic E-state index is 0.00376. The Morgan fingerprint density at radius 3 is 2.59 bits per heavy atom. The predicted octanol–water partition coefficient (Wildman–Crippen LogP) is 2.49. The van der Waals surface area contributed by atoms with Crippen molar-refractivity contribution in [1.29, 1.82) is 0 Å². The van der Waals surface area contributed by atoms with Crippen LogP contribution in [-0.2, 0) is 0 Å². The van der Waals surface area contributed by atoms with Crippen LogP contribution in [0.5, 0.6) is 0 Å². The van der Waals surface area contributed by atoms with Gasteiger partial charge < -0.3 is 9.42 Å². The average Bonchev–Trinajstić information content (AvgIpc) is 2.75. The molecule has 17 heavy (non-hydrogen) atoms. The molecule has 0 atom stereocenters. The molecule has 2 heterocycles. The number of carbonyl (C=O) groups excluding carboxylic acids is 1. The smallest absolute Gasteiger partial charge is 0.276 e. The van der Waals surface area contributed by atoms with Gasteiger partial charge in [-0.3, -0.25) is 4.79 Å². The van der Waals surface area contributed by atoms with Crippen LogP contribution in [0.4, 0.5) is 0 Å². The molecule has 0 radical (unpaired) electrons. The summed E-state index contributed by atoms with van der Waals surface area (Å²) in [6.07, 6.45) is 2.19. The van der Waals surface area contributed by atoms with Crippen molar-refractivity contribution in [3.05, 3.63) is 17.5 Å². The monoisotopic (exact) mass is 236 g/mol. The van der Waals surface area contributed by atoms with E-state index in [0.29, 0.717) is 17.4 Å². The van der Waals surface area contributed by atoms with Gasteiger partial charge in [0.1, 0.15) is 5.76 Å². The van der Waals surface area contributed by atoms with Gasteiger partial charge in [0.15, 0.2) is 5.69 Å². The first kappa shape index (κ1) is 12.1. The molecule has 4 nitrogen and oxygen atoms in total. The van der Waals surface area contributed by atoms with Crippen molar-refractivity contribution in [3.63, 3.8) is 0 Å². The van der Waals surface area contributed by atoms with Crippen molar-refractivity contribution in [2.45, 2.75) is 33.6 Å². The number of nitrogens with zero attached hydrogens (tertiary/aromatic N) is 2. The average molecular weight is 236 g/mol. The number of aromatic nitrogens is 1. The molecule has 94 valence electrons. The zero-order valence-electron chi connectivity index (χ0n) is 10.8. The fourth-order valence-corrected chi connectivity index (χ4v) is 2.40. The molecule has 0 aliphatic carbocycles. The normalized spacial score (nSPS) is 17.8. The quantitative estimate of drug-likeness (QED) is 0.792. The number of hydrogen-bond donors (Lipinski definition) is 0. The summed E-state index contributed by atoms with van der Waals surface area (Å²) in [6, 6.07) is 1.71. The van der Waals surface area contributed by atoms with Gasteiger partial charge in [-0.1, -0.05) is 19.0 Å². The van der Waals surface area contributed by atoms with Gasteiger partial charge in [-0.05, 0) is 31.6 Å². The summed E-state index contributed by atoms with van der Waals surface area (Å²) in [6.45, 7) is 7.99. The van der Waals surface area contributed by atoms with Gasteiger partial charge in [-0.25, -0.2) is 0 Å². The molecule has 0 saturated carbocycles. The van der Waals surface area contributed by atoms with Crippen molar-refractivity contribution in [3.8, 4) is 0 Å². The van der Waals surface area contributed by atoms with Gasteiger partial charge in [0, 0.05) is 19.2 Å². The number of carbonyl (C=O) groups is 1. The molecule has 0 N–H and O–H groups in total. The second-order valence-corrected chi connectivity index (χ2v) is 5.20. The summed E-state index contributed by atoms with van der Waals surface area (Å²) in [5, 5.41) is 3.78. The van der Waals surface area contributed by atoms with Crippen molar-refractivity contribution in [2.24, 2.45) is 11.8 Å². The number of rotatable bonds is 2. The van der Waals surface area contributed by atoms with Crippen LogP contribution < -0.4 is 0 Å². The van der Waals surface area contributed by atoms with E-state index in [0.717, 1.165) is 31.8 Å².